The second kappa shape index (κ2) is 5.40. The van der Waals surface area contributed by atoms with Crippen LogP contribution in [0, 0.1) is 13.8 Å². The molecule has 1 atom stereocenters. The van der Waals surface area contributed by atoms with Gasteiger partial charge in [0.2, 0.25) is 5.91 Å². The molecule has 1 aromatic rings. The van der Waals surface area contributed by atoms with E-state index in [2.05, 4.69) is 0 Å². The molecular formula is C15H19NO3S. The Morgan fingerprint density at radius 3 is 2.30 bits per heavy atom. The van der Waals surface area contributed by atoms with Crippen LogP contribution in [0.15, 0.2) is 29.7 Å². The number of carbonyl (C=O) groups excluding carboxylic acids is 1. The van der Waals surface area contributed by atoms with Gasteiger partial charge in [-0.25, -0.2) is 8.42 Å². The van der Waals surface area contributed by atoms with Gasteiger partial charge in [-0.05, 0) is 43.2 Å². The zero-order chi connectivity index (χ0) is 14.9. The fourth-order valence-corrected chi connectivity index (χ4v) is 3.77. The molecule has 0 radical (unpaired) electrons. The number of carbonyl (C=O) groups is 1. The average molecular weight is 293 g/mol. The van der Waals surface area contributed by atoms with Crippen LogP contribution in [0.4, 0.5) is 5.69 Å². The summed E-state index contributed by atoms with van der Waals surface area (Å²) in [5, 5.41) is 1.20. The molecular weight excluding hydrogens is 274 g/mol. The first-order valence-electron chi connectivity index (χ1n) is 6.63. The average Bonchev–Trinajstić information content (AvgIpc) is 2.68. The highest BCUT2D eigenvalue weighted by molar-refractivity contribution is 7.94. The molecule has 2 rings (SSSR count). The van der Waals surface area contributed by atoms with Crippen molar-refractivity contribution in [3.63, 3.8) is 0 Å². The first-order chi connectivity index (χ1) is 9.32. The molecule has 5 heteroatoms. The zero-order valence-corrected chi connectivity index (χ0v) is 12.8. The Bertz CT molecular complexity index is 641. The predicted molar refractivity (Wildman–Crippen MR) is 80.4 cm³/mol. The van der Waals surface area contributed by atoms with Crippen molar-refractivity contribution in [3.8, 4) is 0 Å². The van der Waals surface area contributed by atoms with E-state index in [1.807, 2.05) is 32.0 Å². The van der Waals surface area contributed by atoms with Gasteiger partial charge in [-0.1, -0.05) is 13.0 Å². The molecule has 0 aliphatic carbocycles. The molecule has 0 bridgehead atoms. The molecule has 1 amide bonds. The lowest BCUT2D eigenvalue weighted by molar-refractivity contribution is -0.118. The minimum absolute atomic E-state index is 0.0360. The van der Waals surface area contributed by atoms with Crippen molar-refractivity contribution in [2.45, 2.75) is 33.2 Å². The summed E-state index contributed by atoms with van der Waals surface area (Å²) in [6.45, 7) is 5.71. The van der Waals surface area contributed by atoms with Gasteiger partial charge in [-0.2, -0.15) is 0 Å². The van der Waals surface area contributed by atoms with E-state index in [0.29, 0.717) is 6.42 Å². The quantitative estimate of drug-likeness (QED) is 0.859. The molecule has 108 valence electrons. The number of benzene rings is 1. The molecule has 1 aliphatic rings. The standard InChI is InChI=1S/C15H19NO3S/c1-4-15(17)16(13-5-6-20(18,19)10-13)14-8-11(2)7-12(3)9-14/h5-9,13H,4,10H2,1-3H3/t13-/m0/s1. The highest BCUT2D eigenvalue weighted by Crippen LogP contribution is 2.25. The Labute approximate surface area is 120 Å². The highest BCUT2D eigenvalue weighted by Gasteiger charge is 2.30. The van der Waals surface area contributed by atoms with Crippen LogP contribution in [-0.4, -0.2) is 26.1 Å². The summed E-state index contributed by atoms with van der Waals surface area (Å²) in [4.78, 5) is 13.8. The van der Waals surface area contributed by atoms with E-state index in [1.54, 1.807) is 17.9 Å². The van der Waals surface area contributed by atoms with Crippen molar-refractivity contribution in [1.29, 1.82) is 0 Å². The highest BCUT2D eigenvalue weighted by atomic mass is 32.2. The molecule has 0 fully saturated rings. The van der Waals surface area contributed by atoms with Crippen molar-refractivity contribution < 1.29 is 13.2 Å². The van der Waals surface area contributed by atoms with Crippen molar-refractivity contribution in [1.82, 2.24) is 0 Å². The normalized spacial score (nSPS) is 20.1. The molecule has 0 aromatic heterocycles. The fraction of sp³-hybridized carbons (Fsp3) is 0.400. The van der Waals surface area contributed by atoms with Gasteiger partial charge in [0, 0.05) is 17.5 Å². The Morgan fingerprint density at radius 1 is 1.25 bits per heavy atom. The second-order valence-electron chi connectivity index (χ2n) is 5.19. The number of amides is 1. The fourth-order valence-electron chi connectivity index (χ4n) is 2.50. The van der Waals surface area contributed by atoms with E-state index in [-0.39, 0.29) is 11.7 Å². The molecule has 1 aliphatic heterocycles. The molecule has 0 N–H and O–H groups in total. The predicted octanol–water partition coefficient (Wildman–Crippen LogP) is 2.36. The maximum absolute atomic E-state index is 12.2. The van der Waals surface area contributed by atoms with Crippen molar-refractivity contribution >= 4 is 21.4 Å². The van der Waals surface area contributed by atoms with Crippen LogP contribution in [0.3, 0.4) is 0 Å². The van der Waals surface area contributed by atoms with Gasteiger partial charge >= 0.3 is 0 Å². The van der Waals surface area contributed by atoms with Crippen molar-refractivity contribution in [2.24, 2.45) is 0 Å². The summed E-state index contributed by atoms with van der Waals surface area (Å²) >= 11 is 0. The summed E-state index contributed by atoms with van der Waals surface area (Å²) in [7, 11) is -3.18. The molecule has 0 saturated heterocycles. The largest absolute Gasteiger partial charge is 0.304 e. The van der Waals surface area contributed by atoms with Crippen LogP contribution in [0.2, 0.25) is 0 Å². The maximum atomic E-state index is 12.2. The van der Waals surface area contributed by atoms with E-state index in [1.165, 1.54) is 5.41 Å². The molecule has 1 aromatic carbocycles. The topological polar surface area (TPSA) is 54.5 Å². The molecule has 4 nitrogen and oxygen atoms in total. The van der Waals surface area contributed by atoms with Gasteiger partial charge in [0.1, 0.15) is 0 Å². The lowest BCUT2D eigenvalue weighted by Crippen LogP contribution is -2.40. The van der Waals surface area contributed by atoms with Crippen LogP contribution in [0.25, 0.3) is 0 Å². The van der Waals surface area contributed by atoms with E-state index in [4.69, 9.17) is 0 Å². The lowest BCUT2D eigenvalue weighted by Gasteiger charge is -2.28. The second-order valence-corrected chi connectivity index (χ2v) is 7.12. The summed E-state index contributed by atoms with van der Waals surface area (Å²) in [5.41, 5.74) is 2.87. The van der Waals surface area contributed by atoms with Gasteiger partial charge in [0.15, 0.2) is 9.84 Å². The summed E-state index contributed by atoms with van der Waals surface area (Å²) in [6, 6.07) is 5.45. The third-order valence-electron chi connectivity index (χ3n) is 3.30. The van der Waals surface area contributed by atoms with Crippen LogP contribution in [-0.2, 0) is 14.6 Å². The van der Waals surface area contributed by atoms with Crippen LogP contribution in [0.5, 0.6) is 0 Å². The van der Waals surface area contributed by atoms with Gasteiger partial charge in [-0.15, -0.1) is 0 Å². The number of hydrogen-bond donors (Lipinski definition) is 0. The summed E-state index contributed by atoms with van der Waals surface area (Å²) in [6.07, 6.45) is 1.94. The number of aryl methyl sites for hydroxylation is 2. The molecule has 0 unspecified atom stereocenters. The third-order valence-corrected chi connectivity index (χ3v) is 4.68. The van der Waals surface area contributed by atoms with Crippen LogP contribution in [0.1, 0.15) is 24.5 Å². The molecule has 20 heavy (non-hydrogen) atoms. The van der Waals surface area contributed by atoms with Crippen molar-refractivity contribution in [3.05, 3.63) is 40.8 Å². The molecule has 0 spiro atoms. The van der Waals surface area contributed by atoms with Crippen LogP contribution >= 0.6 is 0 Å². The number of nitrogens with zero attached hydrogens (tertiary/aromatic N) is 1. The minimum Gasteiger partial charge on any atom is -0.304 e. The smallest absolute Gasteiger partial charge is 0.227 e. The number of rotatable bonds is 3. The number of hydrogen-bond acceptors (Lipinski definition) is 3. The van der Waals surface area contributed by atoms with Crippen LogP contribution < -0.4 is 4.90 Å². The first kappa shape index (κ1) is 14.8. The zero-order valence-electron chi connectivity index (χ0n) is 12.0. The van der Waals surface area contributed by atoms with E-state index in [9.17, 15) is 13.2 Å². The Morgan fingerprint density at radius 2 is 1.85 bits per heavy atom. The Balaban J connectivity index is 2.43. The van der Waals surface area contributed by atoms with E-state index < -0.39 is 15.9 Å². The molecule has 1 heterocycles. The van der Waals surface area contributed by atoms with Gasteiger partial charge in [0.25, 0.3) is 0 Å². The number of sulfone groups is 1. The maximum Gasteiger partial charge on any atom is 0.227 e. The van der Waals surface area contributed by atoms with Gasteiger partial charge < -0.3 is 4.90 Å². The first-order valence-corrected chi connectivity index (χ1v) is 8.35. The number of anilines is 1. The van der Waals surface area contributed by atoms with E-state index >= 15 is 0 Å². The summed E-state index contributed by atoms with van der Waals surface area (Å²) in [5.74, 6) is -0.104. The Kier molecular flexibility index (Phi) is 3.99. The molecule has 0 saturated carbocycles. The lowest BCUT2D eigenvalue weighted by atomic mass is 10.1. The van der Waals surface area contributed by atoms with Gasteiger partial charge in [0.05, 0.1) is 11.8 Å². The van der Waals surface area contributed by atoms with Gasteiger partial charge in [-0.3, -0.25) is 4.79 Å². The monoisotopic (exact) mass is 293 g/mol. The Hall–Kier alpha value is -1.62. The van der Waals surface area contributed by atoms with E-state index in [0.717, 1.165) is 16.8 Å². The third kappa shape index (κ3) is 3.10. The minimum atomic E-state index is -3.18. The SMILES string of the molecule is CCC(=O)N(c1cc(C)cc(C)c1)[C@H]1C=CS(=O)(=O)C1. The van der Waals surface area contributed by atoms with Crippen molar-refractivity contribution in [2.75, 3.05) is 10.7 Å². The summed E-state index contributed by atoms with van der Waals surface area (Å²) < 4.78 is 23.2.